The molecule has 1 aliphatic heterocycles. The van der Waals surface area contributed by atoms with Crippen molar-refractivity contribution in [2.75, 3.05) is 27.2 Å². The number of nitrogens with one attached hydrogen (secondary N) is 1. The van der Waals surface area contributed by atoms with Crippen LogP contribution in [-0.4, -0.2) is 62.8 Å². The summed E-state index contributed by atoms with van der Waals surface area (Å²) in [5.74, 6) is -0.0786. The van der Waals surface area contributed by atoms with Gasteiger partial charge in [0.1, 0.15) is 0 Å². The van der Waals surface area contributed by atoms with Gasteiger partial charge in [-0.15, -0.1) is 12.4 Å². The summed E-state index contributed by atoms with van der Waals surface area (Å²) in [6.07, 6.45) is 7.12. The zero-order valence-electron chi connectivity index (χ0n) is 16.8. The van der Waals surface area contributed by atoms with E-state index in [0.717, 1.165) is 51.6 Å². The van der Waals surface area contributed by atoms with Gasteiger partial charge in [0.15, 0.2) is 0 Å². The number of likely N-dealkylation sites (tertiary alicyclic amines) is 1. The van der Waals surface area contributed by atoms with Crippen molar-refractivity contribution in [3.8, 4) is 0 Å². The first-order valence-corrected chi connectivity index (χ1v) is 11.4. The number of sulfonamides is 1. The first-order valence-electron chi connectivity index (χ1n) is 9.99. The number of benzene rings is 1. The van der Waals surface area contributed by atoms with Gasteiger partial charge in [-0.25, -0.2) is 8.42 Å². The third-order valence-electron chi connectivity index (χ3n) is 5.92. The van der Waals surface area contributed by atoms with E-state index in [1.807, 2.05) is 11.9 Å². The van der Waals surface area contributed by atoms with Gasteiger partial charge in [-0.3, -0.25) is 4.79 Å². The van der Waals surface area contributed by atoms with Gasteiger partial charge in [-0.05, 0) is 50.9 Å². The molecule has 6 nitrogen and oxygen atoms in total. The van der Waals surface area contributed by atoms with E-state index in [9.17, 15) is 13.2 Å². The van der Waals surface area contributed by atoms with Crippen molar-refractivity contribution in [2.24, 2.45) is 0 Å². The Balaban J connectivity index is 0.00000280. The van der Waals surface area contributed by atoms with Gasteiger partial charge in [0.25, 0.3) is 5.91 Å². The predicted molar refractivity (Wildman–Crippen MR) is 113 cm³/mol. The van der Waals surface area contributed by atoms with Crippen LogP contribution in [0, 0.1) is 0 Å². The summed E-state index contributed by atoms with van der Waals surface area (Å²) in [5.41, 5.74) is 0.455. The van der Waals surface area contributed by atoms with Crippen LogP contribution in [-0.2, 0) is 10.0 Å². The first-order chi connectivity index (χ1) is 12.9. The number of rotatable bonds is 6. The van der Waals surface area contributed by atoms with E-state index in [1.165, 1.54) is 10.7 Å². The fraction of sp³-hybridized carbons (Fsp3) is 0.650. The Kier molecular flexibility index (Phi) is 8.30. The lowest BCUT2D eigenvalue weighted by molar-refractivity contribution is 0.0737. The van der Waals surface area contributed by atoms with E-state index >= 15 is 0 Å². The lowest BCUT2D eigenvalue weighted by Crippen LogP contribution is -2.41. The highest BCUT2D eigenvalue weighted by molar-refractivity contribution is 7.89. The smallest absolute Gasteiger partial charge is 0.254 e. The predicted octanol–water partition coefficient (Wildman–Crippen LogP) is 2.89. The Morgan fingerprint density at radius 1 is 1.18 bits per heavy atom. The number of carbonyl (C=O) groups excluding carboxylic acids is 1. The quantitative estimate of drug-likeness (QED) is 0.754. The maximum absolute atomic E-state index is 13.1. The number of carbonyl (C=O) groups is 1. The van der Waals surface area contributed by atoms with Crippen LogP contribution in [0.3, 0.4) is 0 Å². The van der Waals surface area contributed by atoms with E-state index in [-0.39, 0.29) is 35.3 Å². The molecular formula is C20H32ClN3O3S. The first kappa shape index (κ1) is 23.1. The van der Waals surface area contributed by atoms with Crippen LogP contribution in [0.15, 0.2) is 29.2 Å². The van der Waals surface area contributed by atoms with Gasteiger partial charge < -0.3 is 10.2 Å². The molecule has 2 fully saturated rings. The molecule has 1 heterocycles. The summed E-state index contributed by atoms with van der Waals surface area (Å²) in [6, 6.07) is 6.77. The average Bonchev–Trinajstić information content (AvgIpc) is 3.16. The second-order valence-electron chi connectivity index (χ2n) is 7.69. The normalized spacial score (nSPS) is 21.0. The second-order valence-corrected chi connectivity index (χ2v) is 9.69. The van der Waals surface area contributed by atoms with Crippen molar-refractivity contribution < 1.29 is 13.2 Å². The molecule has 28 heavy (non-hydrogen) atoms. The molecule has 1 aromatic rings. The lowest BCUT2D eigenvalue weighted by atomic mass is 9.96. The number of amides is 1. The monoisotopic (exact) mass is 429 g/mol. The van der Waals surface area contributed by atoms with Crippen LogP contribution in [0.4, 0.5) is 0 Å². The van der Waals surface area contributed by atoms with Gasteiger partial charge in [0.2, 0.25) is 10.0 Å². The molecule has 1 atom stereocenters. The standard InChI is InChI=1S/C20H31N3O3S.ClH/c1-21-15-18-11-7-13-23(18)20(24)16-8-6-12-19(14-16)27(25,26)22(2)17-9-4-3-5-10-17;/h6,8,12,14,17-18,21H,3-5,7,9-11,13,15H2,1-2H3;1H. The van der Waals surface area contributed by atoms with Crippen molar-refractivity contribution in [1.82, 2.24) is 14.5 Å². The fourth-order valence-corrected chi connectivity index (χ4v) is 5.78. The second kappa shape index (κ2) is 10.1. The Morgan fingerprint density at radius 2 is 1.89 bits per heavy atom. The van der Waals surface area contributed by atoms with Crippen LogP contribution < -0.4 is 5.32 Å². The fourth-order valence-electron chi connectivity index (χ4n) is 4.31. The zero-order chi connectivity index (χ0) is 19.4. The minimum atomic E-state index is -3.59. The maximum atomic E-state index is 13.1. The summed E-state index contributed by atoms with van der Waals surface area (Å²) < 4.78 is 27.7. The van der Waals surface area contributed by atoms with Crippen molar-refractivity contribution >= 4 is 28.3 Å². The van der Waals surface area contributed by atoms with E-state index in [1.54, 1.807) is 31.3 Å². The summed E-state index contributed by atoms with van der Waals surface area (Å²) in [5, 5.41) is 3.14. The molecule has 8 heteroatoms. The number of likely N-dealkylation sites (N-methyl/N-ethyl adjacent to an activating group) is 1. The highest BCUT2D eigenvalue weighted by atomic mass is 35.5. The molecule has 3 rings (SSSR count). The molecule has 1 N–H and O–H groups in total. The van der Waals surface area contributed by atoms with Crippen LogP contribution in [0.1, 0.15) is 55.3 Å². The highest BCUT2D eigenvalue weighted by Crippen LogP contribution is 2.27. The minimum Gasteiger partial charge on any atom is -0.334 e. The molecule has 1 aliphatic carbocycles. The molecule has 0 spiro atoms. The summed E-state index contributed by atoms with van der Waals surface area (Å²) in [6.45, 7) is 1.48. The third kappa shape index (κ3) is 4.87. The summed E-state index contributed by atoms with van der Waals surface area (Å²) in [4.78, 5) is 15.1. The molecule has 1 unspecified atom stereocenters. The number of hydrogen-bond acceptors (Lipinski definition) is 4. The van der Waals surface area contributed by atoms with Crippen molar-refractivity contribution in [2.45, 2.75) is 61.9 Å². The average molecular weight is 430 g/mol. The van der Waals surface area contributed by atoms with Gasteiger partial charge in [-0.1, -0.05) is 25.3 Å². The Bertz CT molecular complexity index is 766. The Morgan fingerprint density at radius 3 is 2.57 bits per heavy atom. The molecule has 1 saturated heterocycles. The molecule has 158 valence electrons. The molecule has 1 amide bonds. The van der Waals surface area contributed by atoms with Crippen LogP contribution in [0.25, 0.3) is 0 Å². The van der Waals surface area contributed by atoms with E-state index < -0.39 is 10.0 Å². The molecule has 0 aromatic heterocycles. The maximum Gasteiger partial charge on any atom is 0.254 e. The minimum absolute atomic E-state index is 0. The van der Waals surface area contributed by atoms with Crippen LogP contribution in [0.2, 0.25) is 0 Å². The molecule has 2 aliphatic rings. The lowest BCUT2D eigenvalue weighted by Gasteiger charge is -2.30. The molecule has 1 aromatic carbocycles. The highest BCUT2D eigenvalue weighted by Gasteiger charge is 2.32. The molecule has 1 saturated carbocycles. The van der Waals surface area contributed by atoms with E-state index in [4.69, 9.17) is 0 Å². The number of halogens is 1. The largest absolute Gasteiger partial charge is 0.334 e. The number of nitrogens with zero attached hydrogens (tertiary/aromatic N) is 2. The van der Waals surface area contributed by atoms with Crippen molar-refractivity contribution in [1.29, 1.82) is 0 Å². The zero-order valence-corrected chi connectivity index (χ0v) is 18.4. The van der Waals surface area contributed by atoms with Crippen molar-refractivity contribution in [3.63, 3.8) is 0 Å². The third-order valence-corrected chi connectivity index (χ3v) is 7.83. The number of hydrogen-bond donors (Lipinski definition) is 1. The topological polar surface area (TPSA) is 69.7 Å². The van der Waals surface area contributed by atoms with E-state index in [2.05, 4.69) is 5.32 Å². The van der Waals surface area contributed by atoms with Gasteiger partial charge in [0.05, 0.1) is 4.90 Å². The van der Waals surface area contributed by atoms with Gasteiger partial charge >= 0.3 is 0 Å². The van der Waals surface area contributed by atoms with Crippen molar-refractivity contribution in [3.05, 3.63) is 29.8 Å². The van der Waals surface area contributed by atoms with Crippen LogP contribution >= 0.6 is 12.4 Å². The van der Waals surface area contributed by atoms with Gasteiger partial charge in [-0.2, -0.15) is 4.31 Å². The Labute approximate surface area is 175 Å². The van der Waals surface area contributed by atoms with Gasteiger partial charge in [0, 0.05) is 37.8 Å². The SMILES string of the molecule is CNCC1CCCN1C(=O)c1cccc(S(=O)(=O)N(C)C2CCCCC2)c1.Cl. The van der Waals surface area contributed by atoms with E-state index in [0.29, 0.717) is 5.56 Å². The summed E-state index contributed by atoms with van der Waals surface area (Å²) >= 11 is 0. The molecule has 0 radical (unpaired) electrons. The molecular weight excluding hydrogens is 398 g/mol. The molecule has 0 bridgehead atoms. The Hall–Kier alpha value is -1.15. The van der Waals surface area contributed by atoms with Crippen LogP contribution in [0.5, 0.6) is 0 Å². The summed E-state index contributed by atoms with van der Waals surface area (Å²) in [7, 11) is -0.0376.